The van der Waals surface area contributed by atoms with Crippen molar-refractivity contribution >= 4 is 17.2 Å². The Labute approximate surface area is 327 Å². The van der Waals surface area contributed by atoms with E-state index in [1.54, 1.807) is 0 Å². The summed E-state index contributed by atoms with van der Waals surface area (Å²) in [7, 11) is -2.09. The van der Waals surface area contributed by atoms with Gasteiger partial charge in [0, 0.05) is 0 Å². The quantitative estimate of drug-likeness (QED) is 0.0363. The van der Waals surface area contributed by atoms with Gasteiger partial charge in [0.25, 0.3) is 0 Å². The molecule has 2 aliphatic heterocycles. The molecule has 0 aromatic carbocycles. The number of rotatable bonds is 35. The van der Waals surface area contributed by atoms with Crippen LogP contribution in [-0.2, 0) is 27.1 Å². The fourth-order valence-electron chi connectivity index (χ4n) is 6.47. The van der Waals surface area contributed by atoms with E-state index >= 15 is 0 Å². The van der Waals surface area contributed by atoms with E-state index in [0.29, 0.717) is 0 Å². The SMILES string of the molecule is CCCCCCCCC=CCCCCCCCCOP1OCCCCO1.CCCCCCCCCCCCCCCCCCOP1OCCCCO1. The van der Waals surface area contributed by atoms with Crippen molar-refractivity contribution in [1.82, 2.24) is 0 Å². The van der Waals surface area contributed by atoms with Gasteiger partial charge in [0.15, 0.2) is 0 Å². The molecular formula is C44H88O6P2. The van der Waals surface area contributed by atoms with Crippen molar-refractivity contribution in [3.8, 4) is 0 Å². The first-order chi connectivity index (χ1) is 25.9. The van der Waals surface area contributed by atoms with E-state index < -0.39 is 17.2 Å². The summed E-state index contributed by atoms with van der Waals surface area (Å²) in [6.45, 7) is 9.32. The molecule has 0 aliphatic carbocycles. The third-order valence-corrected chi connectivity index (χ3v) is 12.3. The van der Waals surface area contributed by atoms with E-state index in [4.69, 9.17) is 27.1 Å². The third kappa shape index (κ3) is 38.6. The van der Waals surface area contributed by atoms with Crippen molar-refractivity contribution in [2.24, 2.45) is 0 Å². The van der Waals surface area contributed by atoms with Crippen LogP contribution >= 0.6 is 17.2 Å². The highest BCUT2D eigenvalue weighted by Crippen LogP contribution is 2.42. The van der Waals surface area contributed by atoms with Gasteiger partial charge in [-0.05, 0) is 64.2 Å². The molecule has 8 heteroatoms. The number of allylic oxidation sites excluding steroid dienone is 2. The highest BCUT2D eigenvalue weighted by Gasteiger charge is 2.16. The van der Waals surface area contributed by atoms with Gasteiger partial charge in [-0.1, -0.05) is 180 Å². The summed E-state index contributed by atoms with van der Waals surface area (Å²) >= 11 is 0. The largest absolute Gasteiger partial charge is 0.332 e. The second kappa shape index (κ2) is 44.1. The van der Waals surface area contributed by atoms with Crippen LogP contribution in [0.4, 0.5) is 0 Å². The number of unbranched alkanes of at least 4 members (excludes halogenated alkanes) is 27. The average Bonchev–Trinajstić information content (AvgIpc) is 3.60. The van der Waals surface area contributed by atoms with Crippen molar-refractivity contribution in [3.63, 3.8) is 0 Å². The average molecular weight is 775 g/mol. The molecule has 2 fully saturated rings. The zero-order chi connectivity index (χ0) is 37.1. The maximum Gasteiger partial charge on any atom is 0.332 e. The molecule has 310 valence electrons. The molecule has 0 aromatic heterocycles. The fraction of sp³-hybridized carbons (Fsp3) is 0.955. The first kappa shape index (κ1) is 50.4. The molecule has 0 spiro atoms. The van der Waals surface area contributed by atoms with E-state index in [1.807, 2.05) is 0 Å². The first-order valence-corrected chi connectivity index (χ1v) is 25.1. The maximum atomic E-state index is 5.70. The second-order valence-corrected chi connectivity index (χ2v) is 17.5. The van der Waals surface area contributed by atoms with E-state index in [9.17, 15) is 0 Å². The normalized spacial score (nSPS) is 16.2. The Balaban J connectivity index is 0.000000520. The van der Waals surface area contributed by atoms with E-state index in [2.05, 4.69) is 26.0 Å². The van der Waals surface area contributed by atoms with Crippen LogP contribution in [0.15, 0.2) is 12.2 Å². The topological polar surface area (TPSA) is 55.4 Å². The Kier molecular flexibility index (Phi) is 42.7. The second-order valence-electron chi connectivity index (χ2n) is 15.1. The predicted octanol–water partition coefficient (Wildman–Crippen LogP) is 16.4. The van der Waals surface area contributed by atoms with Crippen LogP contribution in [0.2, 0.25) is 0 Å². The standard InChI is InChI=1S/C22H45O3P.C22H43O3P/c2*1-2-3-4-5-6-7-8-9-10-11-12-13-14-15-16-17-20-23-26-24-21-18-19-22-25-26/h2-22H2,1H3;9-10H,2-8,11-22H2,1H3. The Morgan fingerprint density at radius 3 is 0.885 bits per heavy atom. The fourth-order valence-corrected chi connectivity index (χ4v) is 8.58. The lowest BCUT2D eigenvalue weighted by Crippen LogP contribution is -1.95. The van der Waals surface area contributed by atoms with Gasteiger partial charge in [0.05, 0.1) is 39.6 Å². The van der Waals surface area contributed by atoms with Gasteiger partial charge in [-0.3, -0.25) is 0 Å². The van der Waals surface area contributed by atoms with Gasteiger partial charge in [-0.15, -0.1) is 0 Å². The Hall–Kier alpha value is 0.360. The number of hydrogen-bond donors (Lipinski definition) is 0. The van der Waals surface area contributed by atoms with Crippen LogP contribution < -0.4 is 0 Å². The molecule has 0 saturated carbocycles. The molecule has 0 N–H and O–H groups in total. The van der Waals surface area contributed by atoms with Gasteiger partial charge in [-0.2, -0.15) is 0 Å². The number of hydrogen-bond acceptors (Lipinski definition) is 6. The molecule has 52 heavy (non-hydrogen) atoms. The minimum Gasteiger partial charge on any atom is -0.312 e. The van der Waals surface area contributed by atoms with Crippen molar-refractivity contribution in [1.29, 1.82) is 0 Å². The molecule has 2 saturated heterocycles. The summed E-state index contributed by atoms with van der Waals surface area (Å²) in [5.74, 6) is 0. The molecule has 0 atom stereocenters. The third-order valence-electron chi connectivity index (χ3n) is 9.91. The van der Waals surface area contributed by atoms with E-state index in [-0.39, 0.29) is 0 Å². The first-order valence-electron chi connectivity index (χ1n) is 22.9. The monoisotopic (exact) mass is 775 g/mol. The molecule has 0 radical (unpaired) electrons. The highest BCUT2D eigenvalue weighted by molar-refractivity contribution is 7.41. The summed E-state index contributed by atoms with van der Waals surface area (Å²) in [6.07, 6.45) is 50.3. The Bertz CT molecular complexity index is 684. The Morgan fingerprint density at radius 1 is 0.346 bits per heavy atom. The lowest BCUT2D eigenvalue weighted by molar-refractivity contribution is 0.179. The van der Waals surface area contributed by atoms with Crippen LogP contribution in [0, 0.1) is 0 Å². The van der Waals surface area contributed by atoms with Crippen molar-refractivity contribution in [3.05, 3.63) is 12.2 Å². The molecule has 0 bridgehead atoms. The summed E-state index contributed by atoms with van der Waals surface area (Å²) < 4.78 is 33.6. The van der Waals surface area contributed by atoms with Gasteiger partial charge >= 0.3 is 17.2 Å². The lowest BCUT2D eigenvalue weighted by Gasteiger charge is -2.13. The van der Waals surface area contributed by atoms with Crippen LogP contribution in [0.25, 0.3) is 0 Å². The van der Waals surface area contributed by atoms with Crippen molar-refractivity contribution < 1.29 is 27.1 Å². The Morgan fingerprint density at radius 2 is 0.596 bits per heavy atom. The summed E-state index contributed by atoms with van der Waals surface area (Å²) in [5, 5.41) is 0. The van der Waals surface area contributed by atoms with Crippen LogP contribution in [0.1, 0.15) is 232 Å². The van der Waals surface area contributed by atoms with E-state index in [0.717, 1.165) is 78.2 Å². The molecule has 6 nitrogen and oxygen atoms in total. The molecule has 0 unspecified atom stereocenters. The molecular weight excluding hydrogens is 686 g/mol. The molecule has 0 amide bonds. The van der Waals surface area contributed by atoms with Gasteiger partial charge < -0.3 is 27.1 Å². The smallest absolute Gasteiger partial charge is 0.312 e. The zero-order valence-electron chi connectivity index (χ0n) is 34.8. The summed E-state index contributed by atoms with van der Waals surface area (Å²) in [4.78, 5) is 0. The lowest BCUT2D eigenvalue weighted by atomic mass is 10.0. The molecule has 2 heterocycles. The maximum absolute atomic E-state index is 5.70. The molecule has 2 aliphatic rings. The molecule has 2 rings (SSSR count). The van der Waals surface area contributed by atoms with Gasteiger partial charge in [0.2, 0.25) is 0 Å². The van der Waals surface area contributed by atoms with E-state index in [1.165, 1.54) is 180 Å². The van der Waals surface area contributed by atoms with Crippen LogP contribution in [-0.4, -0.2) is 39.6 Å². The van der Waals surface area contributed by atoms with Gasteiger partial charge in [-0.25, -0.2) is 0 Å². The predicted molar refractivity (Wildman–Crippen MR) is 227 cm³/mol. The zero-order valence-corrected chi connectivity index (χ0v) is 36.6. The molecule has 0 aromatic rings. The van der Waals surface area contributed by atoms with Crippen molar-refractivity contribution in [2.75, 3.05) is 39.6 Å². The summed E-state index contributed by atoms with van der Waals surface area (Å²) in [5.41, 5.74) is 0. The van der Waals surface area contributed by atoms with Gasteiger partial charge in [0.1, 0.15) is 0 Å². The minimum absolute atomic E-state index is 0.785. The summed E-state index contributed by atoms with van der Waals surface area (Å²) in [6, 6.07) is 0. The minimum atomic E-state index is -1.05. The van der Waals surface area contributed by atoms with Crippen LogP contribution in [0.3, 0.4) is 0 Å². The van der Waals surface area contributed by atoms with Crippen LogP contribution in [0.5, 0.6) is 0 Å². The highest BCUT2D eigenvalue weighted by atomic mass is 31.2. The van der Waals surface area contributed by atoms with Crippen molar-refractivity contribution in [2.45, 2.75) is 232 Å².